The summed E-state index contributed by atoms with van der Waals surface area (Å²) in [6, 6.07) is 1.66. The normalized spacial score (nSPS) is 9.54. The van der Waals surface area contributed by atoms with Crippen molar-refractivity contribution in [3.8, 4) is 0 Å². The molecule has 1 aromatic carbocycles. The molecule has 1 rings (SSSR count). The Bertz CT molecular complexity index is 402. The highest BCUT2D eigenvalue weighted by Gasteiger charge is 2.12. The lowest BCUT2D eigenvalue weighted by molar-refractivity contribution is 0.565. The third-order valence-corrected chi connectivity index (χ3v) is 3.56. The summed E-state index contributed by atoms with van der Waals surface area (Å²) >= 11 is 18.0. The fourth-order valence-electron chi connectivity index (χ4n) is 0.705. The molecule has 0 fully saturated rings. The van der Waals surface area contributed by atoms with Gasteiger partial charge < -0.3 is 0 Å². The van der Waals surface area contributed by atoms with Gasteiger partial charge in [0, 0.05) is 8.95 Å². The fourth-order valence-corrected chi connectivity index (χ4v) is 2.57. The summed E-state index contributed by atoms with van der Waals surface area (Å²) in [4.78, 5) is 13.5. The predicted molar refractivity (Wildman–Crippen MR) is 59.6 cm³/mol. The van der Waals surface area contributed by atoms with Crippen molar-refractivity contribution in [1.82, 2.24) is 0 Å². The minimum atomic E-state index is 0.214. The van der Waals surface area contributed by atoms with Crippen LogP contribution in [0.1, 0.15) is 0 Å². The van der Waals surface area contributed by atoms with Gasteiger partial charge in [-0.25, -0.2) is 4.79 Å². The number of nitrogens with zero attached hydrogens (tertiary/aromatic N) is 1. The van der Waals surface area contributed by atoms with E-state index in [0.717, 1.165) is 0 Å². The van der Waals surface area contributed by atoms with Gasteiger partial charge in [0.25, 0.3) is 0 Å². The number of rotatable bonds is 1. The van der Waals surface area contributed by atoms with Crippen LogP contribution in [0.25, 0.3) is 0 Å². The zero-order valence-electron chi connectivity index (χ0n) is 5.94. The second-order valence-corrected chi connectivity index (χ2v) is 4.48. The molecule has 2 nitrogen and oxygen atoms in total. The van der Waals surface area contributed by atoms with Crippen molar-refractivity contribution in [1.29, 1.82) is 0 Å². The second-order valence-electron chi connectivity index (χ2n) is 2.02. The quantitative estimate of drug-likeness (QED) is 0.319. The molecule has 68 valence electrons. The minimum absolute atomic E-state index is 0.214. The standard InChI is InChI=1S/C7HBr2Cl2NO/c8-3-1-4(9)7(12-2-13)6(11)5(3)10/h1H. The maximum atomic E-state index is 10.0. The van der Waals surface area contributed by atoms with E-state index in [2.05, 4.69) is 36.9 Å². The molecule has 0 aromatic heterocycles. The molecule has 13 heavy (non-hydrogen) atoms. The number of carbonyl (C=O) groups excluding carboxylic acids is 1. The molecule has 0 aliphatic carbocycles. The maximum Gasteiger partial charge on any atom is 0.240 e. The van der Waals surface area contributed by atoms with Gasteiger partial charge in [-0.3, -0.25) is 0 Å². The number of hydrogen-bond donors (Lipinski definition) is 0. The number of aliphatic imine (C=N–C) groups is 1. The summed E-state index contributed by atoms with van der Waals surface area (Å²) in [5, 5.41) is 0.533. The zero-order valence-corrected chi connectivity index (χ0v) is 10.6. The van der Waals surface area contributed by atoms with Gasteiger partial charge in [0.15, 0.2) is 0 Å². The van der Waals surface area contributed by atoms with E-state index in [0.29, 0.717) is 14.0 Å². The first-order valence-electron chi connectivity index (χ1n) is 2.98. The monoisotopic (exact) mass is 343 g/mol. The average molecular weight is 346 g/mol. The number of benzene rings is 1. The van der Waals surface area contributed by atoms with Crippen molar-refractivity contribution < 1.29 is 4.79 Å². The Kier molecular flexibility index (Phi) is 3.95. The highest BCUT2D eigenvalue weighted by Crippen LogP contribution is 2.42. The number of hydrogen-bond acceptors (Lipinski definition) is 2. The molecular weight excluding hydrogens is 345 g/mol. The van der Waals surface area contributed by atoms with E-state index < -0.39 is 0 Å². The fraction of sp³-hybridized carbons (Fsp3) is 0. The highest BCUT2D eigenvalue weighted by molar-refractivity contribution is 9.11. The molecule has 0 radical (unpaired) electrons. The van der Waals surface area contributed by atoms with Crippen molar-refractivity contribution in [3.05, 3.63) is 25.1 Å². The molecule has 0 aliphatic heterocycles. The Morgan fingerprint density at radius 3 is 2.38 bits per heavy atom. The maximum absolute atomic E-state index is 10.0. The molecule has 0 heterocycles. The van der Waals surface area contributed by atoms with Gasteiger partial charge in [0.1, 0.15) is 5.69 Å². The van der Waals surface area contributed by atoms with Crippen LogP contribution in [0.3, 0.4) is 0 Å². The Hall–Kier alpha value is 0.140. The molecule has 0 saturated carbocycles. The van der Waals surface area contributed by atoms with E-state index in [9.17, 15) is 4.79 Å². The van der Waals surface area contributed by atoms with Crippen LogP contribution in [0.5, 0.6) is 0 Å². The smallest absolute Gasteiger partial charge is 0.211 e. The predicted octanol–water partition coefficient (Wildman–Crippen LogP) is 4.49. The van der Waals surface area contributed by atoms with Crippen molar-refractivity contribution in [2.75, 3.05) is 0 Å². The van der Waals surface area contributed by atoms with E-state index in [-0.39, 0.29) is 10.7 Å². The molecule has 0 bridgehead atoms. The molecule has 0 amide bonds. The van der Waals surface area contributed by atoms with Crippen LogP contribution in [-0.2, 0) is 4.79 Å². The molecule has 0 saturated heterocycles. The molecule has 0 spiro atoms. The summed E-state index contributed by atoms with van der Waals surface area (Å²) in [5.74, 6) is 0. The van der Waals surface area contributed by atoms with Gasteiger partial charge in [-0.15, -0.1) is 0 Å². The molecule has 0 aliphatic rings. The molecule has 0 atom stereocenters. The average Bonchev–Trinajstić information content (AvgIpc) is 2.09. The first-order valence-corrected chi connectivity index (χ1v) is 5.33. The lowest BCUT2D eigenvalue weighted by atomic mass is 10.3. The summed E-state index contributed by atoms with van der Waals surface area (Å²) in [7, 11) is 0. The third kappa shape index (κ3) is 2.33. The van der Waals surface area contributed by atoms with Crippen LogP contribution in [0.4, 0.5) is 5.69 Å². The first-order chi connectivity index (χ1) is 6.07. The Labute approximate surface area is 101 Å². The van der Waals surface area contributed by atoms with Gasteiger partial charge in [0.05, 0.1) is 10.0 Å². The zero-order chi connectivity index (χ0) is 10.0. The second kappa shape index (κ2) is 4.58. The van der Waals surface area contributed by atoms with Gasteiger partial charge >= 0.3 is 0 Å². The van der Waals surface area contributed by atoms with E-state index in [4.69, 9.17) is 23.2 Å². The summed E-state index contributed by atoms with van der Waals surface area (Å²) in [6.07, 6.45) is 1.40. The van der Waals surface area contributed by atoms with Gasteiger partial charge in [-0.1, -0.05) is 23.2 Å². The van der Waals surface area contributed by atoms with Crippen LogP contribution in [0, 0.1) is 0 Å². The van der Waals surface area contributed by atoms with Crippen molar-refractivity contribution >= 4 is 66.8 Å². The molecular formula is C7HBr2Cl2NO. The molecule has 6 heteroatoms. The van der Waals surface area contributed by atoms with Gasteiger partial charge in [-0.2, -0.15) is 4.99 Å². The Balaban J connectivity index is 3.52. The molecule has 0 N–H and O–H groups in total. The lowest BCUT2D eigenvalue weighted by Gasteiger charge is -2.03. The van der Waals surface area contributed by atoms with Gasteiger partial charge in [0.2, 0.25) is 6.08 Å². The van der Waals surface area contributed by atoms with E-state index in [1.165, 1.54) is 6.08 Å². The number of halogens is 4. The highest BCUT2D eigenvalue weighted by atomic mass is 79.9. The van der Waals surface area contributed by atoms with Crippen LogP contribution in [-0.4, -0.2) is 6.08 Å². The minimum Gasteiger partial charge on any atom is -0.211 e. The summed E-state index contributed by atoms with van der Waals surface area (Å²) in [6.45, 7) is 0. The van der Waals surface area contributed by atoms with E-state index in [1.54, 1.807) is 6.07 Å². The Morgan fingerprint density at radius 1 is 1.23 bits per heavy atom. The Morgan fingerprint density at radius 2 is 1.85 bits per heavy atom. The summed E-state index contributed by atoms with van der Waals surface area (Å²) in [5.41, 5.74) is 0.282. The van der Waals surface area contributed by atoms with Crippen LogP contribution in [0.15, 0.2) is 20.0 Å². The lowest BCUT2D eigenvalue weighted by Crippen LogP contribution is -1.76. The molecule has 1 aromatic rings. The van der Waals surface area contributed by atoms with E-state index >= 15 is 0 Å². The van der Waals surface area contributed by atoms with Crippen molar-refractivity contribution in [3.63, 3.8) is 0 Å². The van der Waals surface area contributed by atoms with Crippen LogP contribution in [0.2, 0.25) is 10.0 Å². The van der Waals surface area contributed by atoms with Crippen LogP contribution < -0.4 is 0 Å². The number of isocyanates is 1. The van der Waals surface area contributed by atoms with Crippen LogP contribution >= 0.6 is 55.1 Å². The topological polar surface area (TPSA) is 29.4 Å². The first kappa shape index (κ1) is 11.2. The van der Waals surface area contributed by atoms with Gasteiger partial charge in [-0.05, 0) is 37.9 Å². The van der Waals surface area contributed by atoms with E-state index in [1.807, 2.05) is 0 Å². The van der Waals surface area contributed by atoms with Crippen molar-refractivity contribution in [2.24, 2.45) is 4.99 Å². The van der Waals surface area contributed by atoms with Crippen molar-refractivity contribution in [2.45, 2.75) is 0 Å². The SMILES string of the molecule is O=C=Nc1c(Br)cc(Br)c(Cl)c1Cl. The molecule has 0 unspecified atom stereocenters. The summed E-state index contributed by atoms with van der Waals surface area (Å²) < 4.78 is 1.22. The largest absolute Gasteiger partial charge is 0.240 e. The third-order valence-electron chi connectivity index (χ3n) is 1.25.